The van der Waals surface area contributed by atoms with E-state index in [1.54, 1.807) is 11.1 Å². The number of fused-ring (bicyclic) bond motifs is 1. The van der Waals surface area contributed by atoms with E-state index in [0.717, 1.165) is 22.4 Å². The molecule has 0 aliphatic carbocycles. The Labute approximate surface area is 147 Å². The van der Waals surface area contributed by atoms with Crippen molar-refractivity contribution < 1.29 is 4.79 Å². The zero-order valence-electron chi connectivity index (χ0n) is 14.2. The minimum absolute atomic E-state index is 0.0310. The van der Waals surface area contributed by atoms with Gasteiger partial charge < -0.3 is 5.32 Å². The lowest BCUT2D eigenvalue weighted by Gasteiger charge is -2.26. The van der Waals surface area contributed by atoms with Crippen molar-refractivity contribution in [3.8, 4) is 0 Å². The number of aryl methyl sites for hydroxylation is 2. The molecule has 4 heteroatoms. The Kier molecular flexibility index (Phi) is 3.73. The van der Waals surface area contributed by atoms with Crippen LogP contribution in [0.15, 0.2) is 66.9 Å². The number of rotatable bonds is 3. The molecule has 1 aliphatic rings. The van der Waals surface area contributed by atoms with Crippen LogP contribution in [-0.2, 0) is 0 Å². The van der Waals surface area contributed by atoms with Gasteiger partial charge in [0.1, 0.15) is 12.0 Å². The maximum atomic E-state index is 13.0. The molecule has 3 aromatic rings. The van der Waals surface area contributed by atoms with Gasteiger partial charge in [-0.3, -0.25) is 9.69 Å². The summed E-state index contributed by atoms with van der Waals surface area (Å²) < 4.78 is 0. The zero-order valence-corrected chi connectivity index (χ0v) is 14.2. The molecular formula is C21H19N3O. The molecule has 0 saturated heterocycles. The van der Waals surface area contributed by atoms with E-state index >= 15 is 0 Å². The molecule has 1 N–H and O–H groups in total. The summed E-state index contributed by atoms with van der Waals surface area (Å²) in [7, 11) is 0. The second kappa shape index (κ2) is 6.06. The highest BCUT2D eigenvalue weighted by Gasteiger charge is 2.38. The van der Waals surface area contributed by atoms with Crippen molar-refractivity contribution >= 4 is 17.4 Å². The van der Waals surface area contributed by atoms with Gasteiger partial charge >= 0.3 is 0 Å². The first kappa shape index (κ1) is 15.4. The lowest BCUT2D eigenvalue weighted by atomic mass is 10.1. The zero-order chi connectivity index (χ0) is 17.4. The number of hydrogen-bond acceptors (Lipinski definition) is 3. The number of nitrogens with one attached hydrogen (secondary N) is 1. The van der Waals surface area contributed by atoms with Crippen LogP contribution in [0.3, 0.4) is 0 Å². The number of pyridine rings is 1. The molecule has 2 aromatic carbocycles. The van der Waals surface area contributed by atoms with Crippen LogP contribution in [0.2, 0.25) is 0 Å². The number of nitrogens with zero attached hydrogens (tertiary/aromatic N) is 2. The van der Waals surface area contributed by atoms with E-state index in [2.05, 4.69) is 29.4 Å². The monoisotopic (exact) mass is 329 g/mol. The summed E-state index contributed by atoms with van der Waals surface area (Å²) in [5.74, 6) is 0.618. The van der Waals surface area contributed by atoms with Gasteiger partial charge in [-0.05, 0) is 43.7 Å². The van der Waals surface area contributed by atoms with Gasteiger partial charge in [0.15, 0.2) is 0 Å². The fourth-order valence-corrected chi connectivity index (χ4v) is 3.11. The predicted octanol–water partition coefficient (Wildman–Crippen LogP) is 4.47. The van der Waals surface area contributed by atoms with E-state index in [9.17, 15) is 4.79 Å². The van der Waals surface area contributed by atoms with Crippen LogP contribution >= 0.6 is 0 Å². The molecule has 1 unspecified atom stereocenters. The number of anilines is 2. The Morgan fingerprint density at radius 3 is 2.36 bits per heavy atom. The maximum absolute atomic E-state index is 13.0. The molecule has 0 spiro atoms. The van der Waals surface area contributed by atoms with Gasteiger partial charge in [0.2, 0.25) is 0 Å². The maximum Gasteiger partial charge on any atom is 0.261 e. The van der Waals surface area contributed by atoms with Crippen LogP contribution in [0.1, 0.15) is 33.2 Å². The molecule has 4 rings (SSSR count). The molecule has 0 radical (unpaired) electrons. The van der Waals surface area contributed by atoms with E-state index in [1.165, 1.54) is 5.56 Å². The molecule has 0 bridgehead atoms. The van der Waals surface area contributed by atoms with Gasteiger partial charge in [-0.25, -0.2) is 4.98 Å². The molecule has 4 nitrogen and oxygen atoms in total. The molecular weight excluding hydrogens is 310 g/mol. The van der Waals surface area contributed by atoms with Gasteiger partial charge in [-0.2, -0.15) is 0 Å². The first-order chi connectivity index (χ1) is 12.1. The smallest absolute Gasteiger partial charge is 0.261 e. The third-order valence-electron chi connectivity index (χ3n) is 4.46. The Bertz CT molecular complexity index is 917. The van der Waals surface area contributed by atoms with E-state index in [0.29, 0.717) is 5.82 Å². The van der Waals surface area contributed by atoms with Gasteiger partial charge in [0, 0.05) is 23.0 Å². The first-order valence-corrected chi connectivity index (χ1v) is 8.32. The number of carbonyl (C=O) groups is 1. The van der Waals surface area contributed by atoms with E-state index in [1.807, 2.05) is 55.5 Å². The largest absolute Gasteiger partial charge is 0.361 e. The Morgan fingerprint density at radius 2 is 1.64 bits per heavy atom. The molecule has 25 heavy (non-hydrogen) atoms. The molecule has 124 valence electrons. The number of amides is 1. The first-order valence-electron chi connectivity index (χ1n) is 8.32. The van der Waals surface area contributed by atoms with Gasteiger partial charge in [-0.1, -0.05) is 42.0 Å². The highest BCUT2D eigenvalue weighted by atomic mass is 16.2. The van der Waals surface area contributed by atoms with Gasteiger partial charge in [0.25, 0.3) is 5.91 Å². The number of carbonyl (C=O) groups excluding carboxylic acids is 1. The van der Waals surface area contributed by atoms with Crippen LogP contribution in [0.5, 0.6) is 0 Å². The SMILES string of the molecule is Cc1ccc(NC2c3ccccc3C(=O)N2c2ccc(C)cn2)cc1. The summed E-state index contributed by atoms with van der Waals surface area (Å²) in [5, 5.41) is 3.48. The fraction of sp³-hybridized carbons (Fsp3) is 0.143. The van der Waals surface area contributed by atoms with E-state index in [4.69, 9.17) is 0 Å². The minimum Gasteiger partial charge on any atom is -0.361 e. The van der Waals surface area contributed by atoms with Crippen molar-refractivity contribution in [2.45, 2.75) is 20.0 Å². The highest BCUT2D eigenvalue weighted by Crippen LogP contribution is 2.37. The summed E-state index contributed by atoms with van der Waals surface area (Å²) in [6.07, 6.45) is 1.51. The van der Waals surface area contributed by atoms with Crippen LogP contribution in [-0.4, -0.2) is 10.9 Å². The van der Waals surface area contributed by atoms with E-state index in [-0.39, 0.29) is 12.1 Å². The molecule has 0 fully saturated rings. The lowest BCUT2D eigenvalue weighted by Crippen LogP contribution is -2.32. The molecule has 1 atom stereocenters. The topological polar surface area (TPSA) is 45.2 Å². The molecule has 1 aromatic heterocycles. The standard InChI is InChI=1S/C21H19N3O/c1-14-7-10-16(11-8-14)23-20-17-5-3-4-6-18(17)21(25)24(20)19-12-9-15(2)13-22-19/h3-13,20,23H,1-2H3. The molecule has 0 saturated carbocycles. The molecule has 1 amide bonds. The van der Waals surface area contributed by atoms with Crippen LogP contribution < -0.4 is 10.2 Å². The average Bonchev–Trinajstić information content (AvgIpc) is 2.90. The van der Waals surface area contributed by atoms with Crippen molar-refractivity contribution in [3.05, 3.63) is 89.1 Å². The summed E-state index contributed by atoms with van der Waals surface area (Å²) in [6.45, 7) is 4.04. The van der Waals surface area contributed by atoms with Crippen molar-refractivity contribution in [1.29, 1.82) is 0 Å². The summed E-state index contributed by atoms with van der Waals surface area (Å²) in [4.78, 5) is 19.2. The van der Waals surface area contributed by atoms with Crippen molar-refractivity contribution in [1.82, 2.24) is 4.98 Å². The van der Waals surface area contributed by atoms with Crippen molar-refractivity contribution in [2.75, 3.05) is 10.2 Å². The summed E-state index contributed by atoms with van der Waals surface area (Å²) in [5.41, 5.74) is 4.92. The van der Waals surface area contributed by atoms with E-state index < -0.39 is 0 Å². The predicted molar refractivity (Wildman–Crippen MR) is 99.8 cm³/mol. The number of hydrogen-bond donors (Lipinski definition) is 1. The third kappa shape index (κ3) is 2.76. The average molecular weight is 329 g/mol. The lowest BCUT2D eigenvalue weighted by molar-refractivity contribution is 0.0992. The normalized spacial score (nSPS) is 16.0. The van der Waals surface area contributed by atoms with Crippen LogP contribution in [0, 0.1) is 13.8 Å². The second-order valence-electron chi connectivity index (χ2n) is 6.37. The van der Waals surface area contributed by atoms with Crippen molar-refractivity contribution in [2.24, 2.45) is 0 Å². The molecule has 1 aliphatic heterocycles. The van der Waals surface area contributed by atoms with Gasteiger partial charge in [-0.15, -0.1) is 0 Å². The van der Waals surface area contributed by atoms with Gasteiger partial charge in [0.05, 0.1) is 0 Å². The minimum atomic E-state index is -0.276. The van der Waals surface area contributed by atoms with Crippen LogP contribution in [0.4, 0.5) is 11.5 Å². The summed E-state index contributed by atoms with van der Waals surface area (Å²) >= 11 is 0. The summed E-state index contributed by atoms with van der Waals surface area (Å²) in [6, 6.07) is 19.8. The third-order valence-corrected chi connectivity index (χ3v) is 4.46. The number of aromatic nitrogens is 1. The number of benzene rings is 2. The molecule has 2 heterocycles. The van der Waals surface area contributed by atoms with Crippen LogP contribution in [0.25, 0.3) is 0 Å². The Morgan fingerprint density at radius 1 is 0.920 bits per heavy atom. The second-order valence-corrected chi connectivity index (χ2v) is 6.37. The Hall–Kier alpha value is -3.14. The Balaban J connectivity index is 1.77. The highest BCUT2D eigenvalue weighted by molar-refractivity contribution is 6.11. The van der Waals surface area contributed by atoms with Crippen molar-refractivity contribution in [3.63, 3.8) is 0 Å². The fourth-order valence-electron chi connectivity index (χ4n) is 3.11. The quantitative estimate of drug-likeness (QED) is 0.771.